The zero-order chi connectivity index (χ0) is 43.8. The number of hydrogen-bond donors (Lipinski definition) is 1. The molecule has 0 spiro atoms. The van der Waals surface area contributed by atoms with E-state index >= 15 is 0 Å². The van der Waals surface area contributed by atoms with Crippen LogP contribution in [-0.4, -0.2) is 203 Å². The van der Waals surface area contributed by atoms with Gasteiger partial charge in [0.2, 0.25) is 0 Å². The van der Waals surface area contributed by atoms with Crippen LogP contribution in [-0.2, 0) is 0 Å². The van der Waals surface area contributed by atoms with Crippen LogP contribution < -0.4 is 0 Å². The van der Waals surface area contributed by atoms with Gasteiger partial charge in [0.15, 0.2) is 0 Å². The molecule has 0 saturated carbocycles. The third-order valence-electron chi connectivity index (χ3n) is 18.1. The zero-order valence-electron chi connectivity index (χ0n) is 42.3. The second-order valence-corrected chi connectivity index (χ2v) is 23.3. The molecule has 5 atom stereocenters. The largest absolute Gasteiger partial charge is 0.390 e. The lowest BCUT2D eigenvalue weighted by atomic mass is 9.70. The first kappa shape index (κ1) is 50.1. The van der Waals surface area contributed by atoms with Gasteiger partial charge >= 0.3 is 0 Å². The lowest BCUT2D eigenvalue weighted by molar-refractivity contribution is -0.0932. The minimum Gasteiger partial charge on any atom is -0.390 e. The Labute approximate surface area is 378 Å². The molecule has 6 aliphatic rings. The Bertz CT molecular complexity index is 1230. The number of piperazine rings is 2. The number of piperidine rings is 4. The van der Waals surface area contributed by atoms with Crippen molar-refractivity contribution >= 4 is 0 Å². The second-order valence-electron chi connectivity index (χ2n) is 23.3. The molecule has 0 aromatic rings. The van der Waals surface area contributed by atoms with Crippen LogP contribution in [0.15, 0.2) is 0 Å². The van der Waals surface area contributed by atoms with Crippen molar-refractivity contribution in [2.45, 2.75) is 207 Å². The van der Waals surface area contributed by atoms with Gasteiger partial charge in [-0.05, 0) is 229 Å². The zero-order valence-corrected chi connectivity index (χ0v) is 42.3. The van der Waals surface area contributed by atoms with Crippen molar-refractivity contribution in [2.24, 2.45) is 23.7 Å². The van der Waals surface area contributed by atoms with Crippen molar-refractivity contribution in [1.29, 1.82) is 0 Å². The maximum Gasteiger partial charge on any atom is 0.0677 e. The third kappa shape index (κ3) is 13.8. The summed E-state index contributed by atoms with van der Waals surface area (Å²) in [7, 11) is 0. The summed E-state index contributed by atoms with van der Waals surface area (Å²) in [5.41, 5.74) is -0.519. The molecule has 0 bridgehead atoms. The van der Waals surface area contributed by atoms with Crippen LogP contribution in [0.4, 0.5) is 0 Å². The Balaban J connectivity index is 0.894. The number of nitrogens with zero attached hydrogens (tertiary/aromatic N) is 8. The summed E-state index contributed by atoms with van der Waals surface area (Å²) in [5, 5.41) is 11.8. The summed E-state index contributed by atoms with van der Waals surface area (Å²) >= 11 is 0. The highest BCUT2D eigenvalue weighted by Gasteiger charge is 2.43. The smallest absolute Gasteiger partial charge is 0.0677 e. The molecule has 0 aliphatic carbocycles. The average molecular weight is 855 g/mol. The van der Waals surface area contributed by atoms with E-state index in [-0.39, 0.29) is 0 Å². The van der Waals surface area contributed by atoms with Crippen molar-refractivity contribution in [3.05, 3.63) is 0 Å². The summed E-state index contributed by atoms with van der Waals surface area (Å²) in [6.07, 6.45) is 15.4. The lowest BCUT2D eigenvalue weighted by Gasteiger charge is -2.48. The molecule has 0 amide bonds. The highest BCUT2D eigenvalue weighted by atomic mass is 16.3. The van der Waals surface area contributed by atoms with Crippen LogP contribution in [0.1, 0.15) is 153 Å². The first-order chi connectivity index (χ1) is 29.1. The van der Waals surface area contributed by atoms with Crippen LogP contribution in [0.2, 0.25) is 0 Å². The summed E-state index contributed by atoms with van der Waals surface area (Å²) in [6, 6.07) is 5.29. The quantitative estimate of drug-likeness (QED) is 0.151. The third-order valence-corrected chi connectivity index (χ3v) is 18.1. The summed E-state index contributed by atoms with van der Waals surface area (Å²) < 4.78 is 0. The minimum atomic E-state index is -0.519. The predicted octanol–water partition coefficient (Wildman–Crippen LogP) is 7.53. The van der Waals surface area contributed by atoms with E-state index in [9.17, 15) is 5.11 Å². The highest BCUT2D eigenvalue weighted by molar-refractivity contribution is 4.96. The van der Waals surface area contributed by atoms with Gasteiger partial charge in [-0.15, -0.1) is 0 Å². The van der Waals surface area contributed by atoms with Gasteiger partial charge in [-0.3, -0.25) is 9.80 Å². The van der Waals surface area contributed by atoms with Crippen LogP contribution in [0, 0.1) is 23.7 Å². The fourth-order valence-corrected chi connectivity index (χ4v) is 13.5. The highest BCUT2D eigenvalue weighted by Crippen LogP contribution is 2.40. The lowest BCUT2D eigenvalue weighted by Crippen LogP contribution is -2.57. The second kappa shape index (κ2) is 23.4. The molecule has 6 aliphatic heterocycles. The molecule has 0 aromatic carbocycles. The maximum atomic E-state index is 11.8. The van der Waals surface area contributed by atoms with Gasteiger partial charge in [-0.1, -0.05) is 0 Å². The van der Waals surface area contributed by atoms with Gasteiger partial charge in [-0.2, -0.15) is 0 Å². The molecule has 356 valence electrons. The van der Waals surface area contributed by atoms with Gasteiger partial charge in [0.1, 0.15) is 0 Å². The molecular formula is C52H102N8O. The van der Waals surface area contributed by atoms with Crippen molar-refractivity contribution in [1.82, 2.24) is 39.2 Å². The molecule has 1 N–H and O–H groups in total. The molecule has 0 aromatic heterocycles. The predicted molar refractivity (Wildman–Crippen MR) is 260 cm³/mol. The molecule has 6 saturated heterocycles. The van der Waals surface area contributed by atoms with E-state index in [1.165, 1.54) is 130 Å². The van der Waals surface area contributed by atoms with E-state index in [1.807, 2.05) is 0 Å². The fraction of sp³-hybridized carbons (Fsp3) is 1.00. The van der Waals surface area contributed by atoms with Crippen molar-refractivity contribution < 1.29 is 5.11 Å². The van der Waals surface area contributed by atoms with Gasteiger partial charge in [0.05, 0.1) is 5.60 Å². The molecule has 6 fully saturated rings. The van der Waals surface area contributed by atoms with Crippen molar-refractivity contribution in [3.63, 3.8) is 0 Å². The number of aliphatic hydroxyl groups is 1. The van der Waals surface area contributed by atoms with Gasteiger partial charge in [-0.25, -0.2) is 0 Å². The first-order valence-electron chi connectivity index (χ1n) is 26.7. The molecule has 6 rings (SSSR count). The van der Waals surface area contributed by atoms with Gasteiger partial charge in [0, 0.05) is 101 Å². The molecule has 9 nitrogen and oxygen atoms in total. The van der Waals surface area contributed by atoms with Crippen molar-refractivity contribution in [3.8, 4) is 0 Å². The summed E-state index contributed by atoms with van der Waals surface area (Å²) in [4.78, 5) is 22.3. The standard InChI is InChI=1S/C52H102N8O/c1-40(2)55-24-16-46(17-25-55)36-53-32-34-59(42(5)6)50(38-53)14-12-44(9)57-26-18-47(19-27-57)37-54-33-35-60(43(7)8)51(39-54)15-13-45(10)58-30-22-49(23-31-58)52(11,61)48-20-28-56(29-21-48)41(3)4/h40-51,61H,12-39H2,1-11H3/t44?,45?,50-,51-,52-/m0/s1. The van der Waals surface area contributed by atoms with Crippen LogP contribution in [0.25, 0.3) is 0 Å². The van der Waals surface area contributed by atoms with Crippen LogP contribution in [0.3, 0.4) is 0 Å². The SMILES string of the molecule is CC(C)N1CCC(CN2CCN(C(C)C)[C@@H](CCC(C)N3CCC(CN4CCN(C(C)C)[C@@H](CCC(C)N5CCC([C@@](C)(O)C6CCN(C(C)C)CC6)CC5)C4)CC3)C2)CC1. The van der Waals surface area contributed by atoms with Gasteiger partial charge in [0.25, 0.3) is 0 Å². The van der Waals surface area contributed by atoms with Gasteiger partial charge < -0.3 is 34.5 Å². The number of hydrogen-bond acceptors (Lipinski definition) is 9. The van der Waals surface area contributed by atoms with E-state index in [0.717, 1.165) is 63.7 Å². The fourth-order valence-electron chi connectivity index (χ4n) is 13.5. The van der Waals surface area contributed by atoms with E-state index in [2.05, 4.69) is 115 Å². The number of rotatable bonds is 18. The normalized spacial score (nSPS) is 29.7. The molecular weight excluding hydrogens is 753 g/mol. The van der Waals surface area contributed by atoms with Crippen LogP contribution in [0.5, 0.6) is 0 Å². The monoisotopic (exact) mass is 855 g/mol. The Morgan fingerprint density at radius 2 is 0.754 bits per heavy atom. The molecule has 0 radical (unpaired) electrons. The Hall–Kier alpha value is -0.360. The summed E-state index contributed by atoms with van der Waals surface area (Å²) in [6.45, 7) is 46.2. The summed E-state index contributed by atoms with van der Waals surface area (Å²) in [5.74, 6) is 2.64. The Morgan fingerprint density at radius 1 is 0.426 bits per heavy atom. The van der Waals surface area contributed by atoms with E-state index in [0.29, 0.717) is 60.2 Å². The maximum absolute atomic E-state index is 11.8. The Kier molecular flexibility index (Phi) is 19.2. The van der Waals surface area contributed by atoms with E-state index in [1.54, 1.807) is 0 Å². The topological polar surface area (TPSA) is 46.2 Å². The molecule has 61 heavy (non-hydrogen) atoms. The van der Waals surface area contributed by atoms with Crippen LogP contribution >= 0.6 is 0 Å². The molecule has 6 heterocycles. The molecule has 9 heteroatoms. The number of likely N-dealkylation sites (tertiary alicyclic amines) is 4. The first-order valence-corrected chi connectivity index (χ1v) is 26.7. The van der Waals surface area contributed by atoms with E-state index in [4.69, 9.17) is 0 Å². The average Bonchev–Trinajstić information content (AvgIpc) is 3.25. The minimum absolute atomic E-state index is 0.446. The molecule has 2 unspecified atom stereocenters. The Morgan fingerprint density at radius 3 is 1.10 bits per heavy atom. The van der Waals surface area contributed by atoms with E-state index < -0.39 is 5.60 Å². The van der Waals surface area contributed by atoms with Crippen molar-refractivity contribution in [2.75, 3.05) is 105 Å².